The van der Waals surface area contributed by atoms with Crippen molar-refractivity contribution in [2.45, 2.75) is 23.5 Å². The van der Waals surface area contributed by atoms with E-state index < -0.39 is 35.4 Å². The molecule has 2 unspecified atom stereocenters. The Hall–Kier alpha value is -1.74. The van der Waals surface area contributed by atoms with Crippen molar-refractivity contribution in [3.8, 4) is 5.75 Å². The van der Waals surface area contributed by atoms with Gasteiger partial charge in [0.25, 0.3) is 0 Å². The second kappa shape index (κ2) is 7.71. The predicted octanol–water partition coefficient (Wildman–Crippen LogP) is 4.97. The third-order valence-electron chi connectivity index (χ3n) is 3.92. The van der Waals surface area contributed by atoms with Crippen molar-refractivity contribution < 1.29 is 22.5 Å². The summed E-state index contributed by atoms with van der Waals surface area (Å²) in [6, 6.07) is 7.07. The van der Waals surface area contributed by atoms with Gasteiger partial charge in [0.15, 0.2) is 0 Å². The quantitative estimate of drug-likeness (QED) is 0.528. The van der Waals surface area contributed by atoms with E-state index in [-0.39, 0.29) is 14.9 Å². The zero-order chi connectivity index (χ0) is 19.8. The molecule has 1 aromatic heterocycles. The minimum atomic E-state index is -4.68. The highest BCUT2D eigenvalue weighted by Crippen LogP contribution is 2.34. The summed E-state index contributed by atoms with van der Waals surface area (Å²) in [6.07, 6.45) is -3.64. The van der Waals surface area contributed by atoms with Crippen LogP contribution < -0.4 is 4.72 Å². The molecule has 0 aliphatic rings. The molecule has 2 aromatic carbocycles. The van der Waals surface area contributed by atoms with Gasteiger partial charge in [0.2, 0.25) is 0 Å². The molecule has 0 aliphatic carbocycles. The molecule has 3 rings (SSSR count). The number of phenols is 1. The smallest absolute Gasteiger partial charge is 0.405 e. The van der Waals surface area contributed by atoms with Crippen molar-refractivity contribution in [2.75, 3.05) is 0 Å². The first-order chi connectivity index (χ1) is 12.7. The molecule has 0 bridgehead atoms. The van der Waals surface area contributed by atoms with E-state index in [1.807, 2.05) is 4.72 Å². The Bertz CT molecular complexity index is 984. The molecule has 3 aromatic rings. The zero-order valence-electron chi connectivity index (χ0n) is 13.5. The zero-order valence-corrected chi connectivity index (χ0v) is 15.8. The number of fused-ring (bicyclic) bond motifs is 1. The summed E-state index contributed by atoms with van der Waals surface area (Å²) < 4.78 is 55.1. The summed E-state index contributed by atoms with van der Waals surface area (Å²) in [5.41, 5.74) is 1.12. The van der Waals surface area contributed by atoms with Gasteiger partial charge in [0.05, 0.1) is 5.02 Å². The van der Waals surface area contributed by atoms with E-state index in [4.69, 9.17) is 23.2 Å². The topological polar surface area (TPSA) is 65.1 Å². The molecule has 1 heterocycles. The molecular weight excluding hydrogens is 424 g/mol. The SMILES string of the molecule is O=S(NC(Cc1c[nH]c2ccccc12)C(F)(F)F)c1c(O)cc(Cl)cc1Cl. The second-order valence-corrected chi connectivity index (χ2v) is 7.81. The molecule has 4 nitrogen and oxygen atoms in total. The Morgan fingerprint density at radius 1 is 1.22 bits per heavy atom. The number of benzene rings is 2. The summed E-state index contributed by atoms with van der Waals surface area (Å²) in [4.78, 5) is 2.56. The third kappa shape index (κ3) is 4.40. The summed E-state index contributed by atoms with van der Waals surface area (Å²) in [7, 11) is -2.41. The number of aromatic nitrogens is 1. The molecule has 0 radical (unpaired) electrons. The second-order valence-electron chi connectivity index (χ2n) is 5.78. The van der Waals surface area contributed by atoms with Crippen LogP contribution in [0.25, 0.3) is 10.9 Å². The number of hydrogen-bond acceptors (Lipinski definition) is 2. The van der Waals surface area contributed by atoms with Crippen LogP contribution in [0, 0.1) is 0 Å². The van der Waals surface area contributed by atoms with Crippen LogP contribution in [-0.4, -0.2) is 26.5 Å². The largest absolute Gasteiger partial charge is 0.507 e. The Morgan fingerprint density at radius 3 is 2.59 bits per heavy atom. The van der Waals surface area contributed by atoms with E-state index in [1.165, 1.54) is 12.3 Å². The van der Waals surface area contributed by atoms with Gasteiger partial charge in [0, 0.05) is 22.1 Å². The van der Waals surface area contributed by atoms with Crippen LogP contribution in [0.5, 0.6) is 5.75 Å². The Labute approximate surface area is 164 Å². The predicted molar refractivity (Wildman–Crippen MR) is 99.5 cm³/mol. The first-order valence-electron chi connectivity index (χ1n) is 7.64. The van der Waals surface area contributed by atoms with Gasteiger partial charge in [-0.15, -0.1) is 0 Å². The Balaban J connectivity index is 1.89. The molecule has 2 atom stereocenters. The average Bonchev–Trinajstić information content (AvgIpc) is 2.95. The standard InChI is InChI=1S/C17H13Cl2F3N2O2S/c18-10-6-12(19)16(14(25)7-10)27(26)24-15(17(20,21)22)5-9-8-23-13-4-2-1-3-11(9)13/h1-4,6-8,15,23-25H,5H2. The third-order valence-corrected chi connectivity index (χ3v) is 5.84. The minimum Gasteiger partial charge on any atom is -0.507 e. The number of H-pyrrole nitrogens is 1. The molecule has 0 saturated heterocycles. The van der Waals surface area contributed by atoms with Crippen molar-refractivity contribution in [1.82, 2.24) is 9.71 Å². The Morgan fingerprint density at radius 2 is 1.93 bits per heavy atom. The first kappa shape index (κ1) is 20.0. The van der Waals surface area contributed by atoms with Crippen molar-refractivity contribution in [2.24, 2.45) is 0 Å². The first-order valence-corrected chi connectivity index (χ1v) is 9.55. The van der Waals surface area contributed by atoms with Crippen LogP contribution in [0.1, 0.15) is 5.56 Å². The van der Waals surface area contributed by atoms with Crippen LogP contribution in [0.4, 0.5) is 13.2 Å². The lowest BCUT2D eigenvalue weighted by molar-refractivity contribution is -0.150. The molecule has 0 saturated carbocycles. The fraction of sp³-hybridized carbons (Fsp3) is 0.176. The molecule has 0 amide bonds. The molecule has 0 spiro atoms. The molecule has 27 heavy (non-hydrogen) atoms. The van der Waals surface area contributed by atoms with Crippen LogP contribution in [0.2, 0.25) is 10.0 Å². The van der Waals surface area contributed by atoms with Gasteiger partial charge >= 0.3 is 6.18 Å². The molecule has 0 fully saturated rings. The minimum absolute atomic E-state index is 0.0735. The fourth-order valence-electron chi connectivity index (χ4n) is 2.66. The van der Waals surface area contributed by atoms with E-state index in [1.54, 1.807) is 24.3 Å². The molecular formula is C17H13Cl2F3N2O2S. The lowest BCUT2D eigenvalue weighted by Gasteiger charge is -2.21. The van der Waals surface area contributed by atoms with Gasteiger partial charge in [-0.1, -0.05) is 41.4 Å². The maximum atomic E-state index is 13.5. The van der Waals surface area contributed by atoms with Gasteiger partial charge < -0.3 is 10.1 Å². The lowest BCUT2D eigenvalue weighted by Crippen LogP contribution is -2.44. The van der Waals surface area contributed by atoms with E-state index in [0.717, 1.165) is 6.07 Å². The highest BCUT2D eigenvalue weighted by molar-refractivity contribution is 7.83. The van der Waals surface area contributed by atoms with E-state index >= 15 is 0 Å². The van der Waals surface area contributed by atoms with Crippen molar-refractivity contribution in [1.29, 1.82) is 0 Å². The van der Waals surface area contributed by atoms with Gasteiger partial charge in [-0.05, 0) is 30.2 Å². The summed E-state index contributed by atoms with van der Waals surface area (Å²) in [6.45, 7) is 0. The maximum Gasteiger partial charge on any atom is 0.405 e. The fourth-order valence-corrected chi connectivity index (χ4v) is 4.43. The molecule has 0 aliphatic heterocycles. The van der Waals surface area contributed by atoms with Crippen LogP contribution in [-0.2, 0) is 17.4 Å². The average molecular weight is 437 g/mol. The highest BCUT2D eigenvalue weighted by Gasteiger charge is 2.41. The number of rotatable bonds is 5. The number of para-hydroxylation sites is 1. The number of aromatic amines is 1. The number of phenolic OH excluding ortho intramolecular Hbond substituents is 1. The number of halogens is 5. The highest BCUT2D eigenvalue weighted by atomic mass is 35.5. The van der Waals surface area contributed by atoms with Crippen molar-refractivity contribution >= 4 is 45.1 Å². The Kier molecular flexibility index (Phi) is 5.71. The number of alkyl halides is 3. The lowest BCUT2D eigenvalue weighted by atomic mass is 10.1. The molecule has 144 valence electrons. The number of nitrogens with one attached hydrogen (secondary N) is 2. The number of hydrogen-bond donors (Lipinski definition) is 3. The molecule has 3 N–H and O–H groups in total. The summed E-state index contributed by atoms with van der Waals surface area (Å²) in [5.74, 6) is -0.550. The van der Waals surface area contributed by atoms with Gasteiger partial charge in [-0.3, -0.25) is 0 Å². The number of aromatic hydroxyl groups is 1. The monoisotopic (exact) mass is 436 g/mol. The van der Waals surface area contributed by atoms with Gasteiger partial charge in [-0.25, -0.2) is 8.93 Å². The van der Waals surface area contributed by atoms with Gasteiger partial charge in [0.1, 0.15) is 27.7 Å². The summed E-state index contributed by atoms with van der Waals surface area (Å²) >= 11 is 11.6. The maximum absolute atomic E-state index is 13.5. The van der Waals surface area contributed by atoms with E-state index in [9.17, 15) is 22.5 Å². The normalized spacial score (nSPS) is 14.4. The van der Waals surface area contributed by atoms with E-state index in [0.29, 0.717) is 16.5 Å². The van der Waals surface area contributed by atoms with Crippen LogP contribution in [0.15, 0.2) is 47.5 Å². The van der Waals surface area contributed by atoms with Gasteiger partial charge in [-0.2, -0.15) is 13.2 Å². The van der Waals surface area contributed by atoms with Crippen molar-refractivity contribution in [3.63, 3.8) is 0 Å². The molecule has 10 heteroatoms. The van der Waals surface area contributed by atoms with Crippen LogP contribution >= 0.6 is 23.2 Å². The van der Waals surface area contributed by atoms with Crippen LogP contribution in [0.3, 0.4) is 0 Å². The van der Waals surface area contributed by atoms with E-state index in [2.05, 4.69) is 4.98 Å². The summed E-state index contributed by atoms with van der Waals surface area (Å²) in [5, 5.41) is 10.4. The van der Waals surface area contributed by atoms with Crippen molar-refractivity contribution in [3.05, 3.63) is 58.2 Å².